The van der Waals surface area contributed by atoms with E-state index in [0.29, 0.717) is 37.8 Å². The van der Waals surface area contributed by atoms with Gasteiger partial charge in [-0.2, -0.15) is 0 Å². The second kappa shape index (κ2) is 6.34. The van der Waals surface area contributed by atoms with Gasteiger partial charge in [0.2, 0.25) is 0 Å². The van der Waals surface area contributed by atoms with E-state index in [-0.39, 0.29) is 12.2 Å². The first-order chi connectivity index (χ1) is 11.4. The van der Waals surface area contributed by atoms with Crippen LogP contribution in [0.1, 0.15) is 5.56 Å². The number of benzene rings is 2. The van der Waals surface area contributed by atoms with Gasteiger partial charge in [0.25, 0.3) is 0 Å². The maximum atomic E-state index is 14.0. The Bertz CT molecular complexity index is 953. The number of carbonyl (C=O) groups is 1. The number of ether oxygens (including phenoxy) is 1. The number of nitrogens with one attached hydrogen (secondary N) is 1. The zero-order valence-electron chi connectivity index (χ0n) is 12.5. The van der Waals surface area contributed by atoms with Gasteiger partial charge in [0.15, 0.2) is 11.6 Å². The van der Waals surface area contributed by atoms with Crippen LogP contribution in [0, 0.1) is 5.82 Å². The van der Waals surface area contributed by atoms with E-state index in [1.165, 1.54) is 19.2 Å². The first-order valence-electron chi connectivity index (χ1n) is 6.96. The van der Waals surface area contributed by atoms with E-state index < -0.39 is 11.8 Å². The number of aromatic amines is 1. The molecule has 1 heterocycles. The Labute approximate surface area is 146 Å². The van der Waals surface area contributed by atoms with Crippen molar-refractivity contribution in [2.45, 2.75) is 6.42 Å². The molecule has 3 aromatic rings. The van der Waals surface area contributed by atoms with Crippen LogP contribution in [0.5, 0.6) is 5.75 Å². The molecule has 0 saturated heterocycles. The SMILES string of the molecule is COc1ccc(-c2[nH]c3cc(Cl)cc(Cl)c3c2CC(=O)O)cc1F. The highest BCUT2D eigenvalue weighted by molar-refractivity contribution is 6.39. The first kappa shape index (κ1) is 16.6. The van der Waals surface area contributed by atoms with Gasteiger partial charge in [-0.25, -0.2) is 4.39 Å². The van der Waals surface area contributed by atoms with Gasteiger partial charge in [-0.1, -0.05) is 23.2 Å². The molecule has 0 fully saturated rings. The fourth-order valence-electron chi connectivity index (χ4n) is 2.71. The average Bonchev–Trinajstić information content (AvgIpc) is 2.85. The minimum Gasteiger partial charge on any atom is -0.494 e. The molecule has 124 valence electrons. The van der Waals surface area contributed by atoms with Crippen molar-refractivity contribution >= 4 is 40.1 Å². The van der Waals surface area contributed by atoms with Gasteiger partial charge in [-0.3, -0.25) is 4.79 Å². The van der Waals surface area contributed by atoms with Crippen molar-refractivity contribution in [3.05, 3.63) is 51.8 Å². The predicted octanol–water partition coefficient (Wildman–Crippen LogP) is 4.92. The number of hydrogen-bond donors (Lipinski definition) is 2. The number of halogens is 3. The van der Waals surface area contributed by atoms with Crippen LogP contribution < -0.4 is 4.74 Å². The third kappa shape index (κ3) is 2.92. The van der Waals surface area contributed by atoms with Crippen molar-refractivity contribution in [2.24, 2.45) is 0 Å². The summed E-state index contributed by atoms with van der Waals surface area (Å²) >= 11 is 12.2. The maximum absolute atomic E-state index is 14.0. The fraction of sp³-hybridized carbons (Fsp3) is 0.118. The van der Waals surface area contributed by atoms with Gasteiger partial charge in [0.1, 0.15) is 0 Å². The molecule has 2 aromatic carbocycles. The molecule has 0 aliphatic rings. The second-order valence-electron chi connectivity index (χ2n) is 5.21. The van der Waals surface area contributed by atoms with E-state index in [9.17, 15) is 14.3 Å². The number of carboxylic acids is 1. The van der Waals surface area contributed by atoms with Gasteiger partial charge >= 0.3 is 5.97 Å². The van der Waals surface area contributed by atoms with Crippen LogP contribution in [0.3, 0.4) is 0 Å². The van der Waals surface area contributed by atoms with Gasteiger partial charge in [0.05, 0.1) is 24.2 Å². The molecule has 2 N–H and O–H groups in total. The minimum absolute atomic E-state index is 0.107. The van der Waals surface area contributed by atoms with Crippen LogP contribution in [-0.4, -0.2) is 23.2 Å². The highest BCUT2D eigenvalue weighted by Crippen LogP contribution is 2.37. The molecule has 24 heavy (non-hydrogen) atoms. The molecule has 0 atom stereocenters. The molecule has 7 heteroatoms. The average molecular weight is 368 g/mol. The van der Waals surface area contributed by atoms with Gasteiger partial charge < -0.3 is 14.8 Å². The Morgan fingerprint density at radius 2 is 2.04 bits per heavy atom. The van der Waals surface area contributed by atoms with Crippen LogP contribution in [0.4, 0.5) is 4.39 Å². The molecule has 0 aliphatic carbocycles. The fourth-order valence-corrected chi connectivity index (χ4v) is 3.32. The summed E-state index contributed by atoms with van der Waals surface area (Å²) in [6.45, 7) is 0. The largest absolute Gasteiger partial charge is 0.494 e. The summed E-state index contributed by atoms with van der Waals surface area (Å²) in [7, 11) is 1.37. The quantitative estimate of drug-likeness (QED) is 0.687. The molecule has 0 unspecified atom stereocenters. The third-order valence-corrected chi connectivity index (χ3v) is 4.20. The number of fused-ring (bicyclic) bond motifs is 1. The molecule has 1 aromatic heterocycles. The normalized spacial score (nSPS) is 11.0. The summed E-state index contributed by atoms with van der Waals surface area (Å²) in [5.41, 5.74) is 2.05. The zero-order chi connectivity index (χ0) is 17.4. The van der Waals surface area contributed by atoms with E-state index in [1.54, 1.807) is 18.2 Å². The number of hydrogen-bond acceptors (Lipinski definition) is 2. The van der Waals surface area contributed by atoms with Crippen LogP contribution >= 0.6 is 23.2 Å². The van der Waals surface area contributed by atoms with Crippen molar-refractivity contribution in [2.75, 3.05) is 7.11 Å². The summed E-state index contributed by atoms with van der Waals surface area (Å²) in [5.74, 6) is -1.45. The van der Waals surface area contributed by atoms with Crippen molar-refractivity contribution < 1.29 is 19.0 Å². The molecular weight excluding hydrogens is 356 g/mol. The van der Waals surface area contributed by atoms with Gasteiger partial charge in [-0.05, 0) is 35.9 Å². The number of H-pyrrole nitrogens is 1. The van der Waals surface area contributed by atoms with Gasteiger partial charge in [-0.15, -0.1) is 0 Å². The van der Waals surface area contributed by atoms with Crippen molar-refractivity contribution in [1.29, 1.82) is 0 Å². The Morgan fingerprint density at radius 3 is 2.67 bits per heavy atom. The van der Waals surface area contributed by atoms with E-state index in [2.05, 4.69) is 4.98 Å². The lowest BCUT2D eigenvalue weighted by atomic mass is 10.0. The monoisotopic (exact) mass is 367 g/mol. The number of carboxylic acid groups (broad SMARTS) is 1. The molecule has 0 bridgehead atoms. The zero-order valence-corrected chi connectivity index (χ0v) is 14.0. The number of aromatic nitrogens is 1. The highest BCUT2D eigenvalue weighted by atomic mass is 35.5. The molecule has 0 spiro atoms. The van der Waals surface area contributed by atoms with Crippen molar-refractivity contribution in [3.63, 3.8) is 0 Å². The molecule has 0 aliphatic heterocycles. The van der Waals surface area contributed by atoms with Crippen LogP contribution in [0.25, 0.3) is 22.2 Å². The van der Waals surface area contributed by atoms with Gasteiger partial charge in [0, 0.05) is 21.5 Å². The smallest absolute Gasteiger partial charge is 0.307 e. The lowest BCUT2D eigenvalue weighted by Crippen LogP contribution is -2.01. The van der Waals surface area contributed by atoms with E-state index >= 15 is 0 Å². The van der Waals surface area contributed by atoms with Crippen LogP contribution in [-0.2, 0) is 11.2 Å². The standard InChI is InChI=1S/C17H12Cl2FNO3/c1-24-14-3-2-8(4-12(14)20)17-10(7-15(22)23)16-11(19)5-9(18)6-13(16)21-17/h2-6,21H,7H2,1H3,(H,22,23). The van der Waals surface area contributed by atoms with Crippen molar-refractivity contribution in [1.82, 2.24) is 4.98 Å². The van der Waals surface area contributed by atoms with E-state index in [4.69, 9.17) is 27.9 Å². The number of methoxy groups -OCH3 is 1. The Kier molecular flexibility index (Phi) is 4.39. The van der Waals surface area contributed by atoms with E-state index in [1.807, 2.05) is 0 Å². The third-order valence-electron chi connectivity index (χ3n) is 3.69. The maximum Gasteiger partial charge on any atom is 0.307 e. The summed E-state index contributed by atoms with van der Waals surface area (Å²) in [4.78, 5) is 14.4. The van der Waals surface area contributed by atoms with E-state index in [0.717, 1.165) is 0 Å². The molecule has 4 nitrogen and oxygen atoms in total. The Morgan fingerprint density at radius 1 is 1.29 bits per heavy atom. The summed E-state index contributed by atoms with van der Waals surface area (Å²) in [5, 5.41) is 10.5. The Hall–Kier alpha value is -2.24. The summed E-state index contributed by atoms with van der Waals surface area (Å²) < 4.78 is 18.9. The molecule has 0 amide bonds. The molecular formula is C17H12Cl2FNO3. The molecule has 3 rings (SSSR count). The van der Waals surface area contributed by atoms with Crippen LogP contribution in [0.2, 0.25) is 10.0 Å². The topological polar surface area (TPSA) is 62.3 Å². The Balaban J connectivity index is 2.28. The highest BCUT2D eigenvalue weighted by Gasteiger charge is 2.19. The second-order valence-corrected chi connectivity index (χ2v) is 6.05. The lowest BCUT2D eigenvalue weighted by molar-refractivity contribution is -0.136. The molecule has 0 radical (unpaired) electrons. The lowest BCUT2D eigenvalue weighted by Gasteiger charge is -2.06. The number of rotatable bonds is 4. The first-order valence-corrected chi connectivity index (χ1v) is 7.71. The minimum atomic E-state index is -1.02. The summed E-state index contributed by atoms with van der Waals surface area (Å²) in [6.07, 6.45) is -0.260. The number of aliphatic carboxylic acids is 1. The van der Waals surface area contributed by atoms with Crippen LogP contribution in [0.15, 0.2) is 30.3 Å². The predicted molar refractivity (Wildman–Crippen MR) is 91.6 cm³/mol. The van der Waals surface area contributed by atoms with Crippen molar-refractivity contribution in [3.8, 4) is 17.0 Å². The molecule has 0 saturated carbocycles. The summed E-state index contributed by atoms with van der Waals surface area (Å²) in [6, 6.07) is 7.60.